The minimum absolute atomic E-state index is 0.0701. The van der Waals surface area contributed by atoms with Gasteiger partial charge in [0.2, 0.25) is 5.91 Å². The van der Waals surface area contributed by atoms with E-state index in [1.54, 1.807) is 31.4 Å². The normalized spacial score (nSPS) is 17.5. The number of hydrazone groups is 1. The van der Waals surface area contributed by atoms with E-state index in [-0.39, 0.29) is 17.8 Å². The maximum Gasteiger partial charge on any atom is 0.242 e. The van der Waals surface area contributed by atoms with Gasteiger partial charge in [0.25, 0.3) is 0 Å². The molecule has 1 atom stereocenters. The van der Waals surface area contributed by atoms with Crippen LogP contribution in [0.15, 0.2) is 28.8 Å². The Balaban J connectivity index is 1.96. The molecular weight excluding hydrogens is 313 g/mol. The molecule has 0 saturated heterocycles. The molecule has 6 heteroatoms. The fourth-order valence-electron chi connectivity index (χ4n) is 2.60. The van der Waals surface area contributed by atoms with E-state index < -0.39 is 0 Å². The van der Waals surface area contributed by atoms with Crippen LogP contribution in [0.5, 0.6) is 0 Å². The highest BCUT2D eigenvalue weighted by atomic mass is 32.1. The van der Waals surface area contributed by atoms with Gasteiger partial charge in [-0.15, -0.1) is 11.3 Å². The highest BCUT2D eigenvalue weighted by molar-refractivity contribution is 7.12. The first-order valence-corrected chi connectivity index (χ1v) is 8.44. The van der Waals surface area contributed by atoms with Crippen molar-refractivity contribution < 1.29 is 9.18 Å². The summed E-state index contributed by atoms with van der Waals surface area (Å²) in [6.45, 7) is 5.45. The van der Waals surface area contributed by atoms with Crippen molar-refractivity contribution in [2.24, 2.45) is 5.10 Å². The first-order chi connectivity index (χ1) is 11.0. The largest absolute Gasteiger partial charge is 0.273 e. The summed E-state index contributed by atoms with van der Waals surface area (Å²) in [4.78, 5) is 17.4. The van der Waals surface area contributed by atoms with Crippen LogP contribution in [0.1, 0.15) is 47.5 Å². The molecule has 0 aromatic carbocycles. The van der Waals surface area contributed by atoms with E-state index in [4.69, 9.17) is 0 Å². The minimum atomic E-state index is -0.355. The number of hydrogen-bond acceptors (Lipinski definition) is 4. The number of carbonyl (C=O) groups is 1. The van der Waals surface area contributed by atoms with Gasteiger partial charge in [0.1, 0.15) is 5.82 Å². The van der Waals surface area contributed by atoms with E-state index in [1.807, 2.05) is 6.92 Å². The highest BCUT2D eigenvalue weighted by Crippen LogP contribution is 2.34. The topological polar surface area (TPSA) is 45.6 Å². The predicted octanol–water partition coefficient (Wildman–Crippen LogP) is 3.99. The average molecular weight is 331 g/mol. The summed E-state index contributed by atoms with van der Waals surface area (Å²) in [5, 5.41) is 8.06. The standard InChI is InChI=1S/C17H18FN3OS/c1-4-17(22)21-15(12-6-13(18)11(3)19-8-12)7-14(20-21)16-5-10(2)9-23-16/h5-6,8-9,15H,4,7H2,1-3H3. The zero-order valence-corrected chi connectivity index (χ0v) is 14.2. The number of aromatic nitrogens is 1. The second-order valence-corrected chi connectivity index (χ2v) is 6.59. The van der Waals surface area contributed by atoms with Crippen LogP contribution in [0.2, 0.25) is 0 Å². The Kier molecular flexibility index (Phi) is 4.26. The lowest BCUT2D eigenvalue weighted by Gasteiger charge is -2.21. The molecule has 0 spiro atoms. The van der Waals surface area contributed by atoms with Crippen molar-refractivity contribution in [1.82, 2.24) is 9.99 Å². The third kappa shape index (κ3) is 3.03. The van der Waals surface area contributed by atoms with Crippen molar-refractivity contribution in [3.8, 4) is 0 Å². The maximum absolute atomic E-state index is 13.9. The van der Waals surface area contributed by atoms with E-state index in [0.29, 0.717) is 24.1 Å². The smallest absolute Gasteiger partial charge is 0.242 e. The molecule has 2 aromatic heterocycles. The number of aryl methyl sites for hydroxylation is 2. The second-order valence-electron chi connectivity index (χ2n) is 5.68. The first-order valence-electron chi connectivity index (χ1n) is 7.56. The van der Waals surface area contributed by atoms with Gasteiger partial charge in [-0.1, -0.05) is 6.92 Å². The third-order valence-corrected chi connectivity index (χ3v) is 5.01. The van der Waals surface area contributed by atoms with Crippen molar-refractivity contribution in [1.29, 1.82) is 0 Å². The summed E-state index contributed by atoms with van der Waals surface area (Å²) < 4.78 is 13.9. The molecule has 0 saturated carbocycles. The molecule has 4 nitrogen and oxygen atoms in total. The van der Waals surface area contributed by atoms with Gasteiger partial charge in [0, 0.05) is 19.0 Å². The van der Waals surface area contributed by atoms with E-state index >= 15 is 0 Å². The van der Waals surface area contributed by atoms with Gasteiger partial charge < -0.3 is 0 Å². The fraction of sp³-hybridized carbons (Fsp3) is 0.353. The van der Waals surface area contributed by atoms with Crippen molar-refractivity contribution in [3.05, 3.63) is 51.2 Å². The number of carbonyl (C=O) groups excluding carboxylic acids is 1. The average Bonchev–Trinajstić information content (AvgIpc) is 3.15. The molecule has 0 bridgehead atoms. The number of hydrogen-bond donors (Lipinski definition) is 0. The number of rotatable bonds is 3. The van der Waals surface area contributed by atoms with Gasteiger partial charge in [-0.05, 0) is 42.5 Å². The zero-order valence-electron chi connectivity index (χ0n) is 13.3. The summed E-state index contributed by atoms with van der Waals surface area (Å²) in [6, 6.07) is 3.23. The van der Waals surface area contributed by atoms with Crippen LogP contribution in [0, 0.1) is 19.7 Å². The van der Waals surface area contributed by atoms with Crippen LogP contribution in [-0.4, -0.2) is 21.6 Å². The third-order valence-electron chi connectivity index (χ3n) is 3.91. The molecule has 1 aliphatic rings. The SMILES string of the molecule is CCC(=O)N1N=C(c2cc(C)cs2)CC1c1cnc(C)c(F)c1. The van der Waals surface area contributed by atoms with Gasteiger partial charge in [0.05, 0.1) is 22.3 Å². The number of nitrogens with zero attached hydrogens (tertiary/aromatic N) is 3. The van der Waals surface area contributed by atoms with Crippen LogP contribution >= 0.6 is 11.3 Å². The Morgan fingerprint density at radius 1 is 1.43 bits per heavy atom. The summed E-state index contributed by atoms with van der Waals surface area (Å²) in [5.41, 5.74) is 3.08. The van der Waals surface area contributed by atoms with Crippen LogP contribution in [0.3, 0.4) is 0 Å². The monoisotopic (exact) mass is 331 g/mol. The highest BCUT2D eigenvalue weighted by Gasteiger charge is 2.33. The van der Waals surface area contributed by atoms with Crippen molar-refractivity contribution in [2.75, 3.05) is 0 Å². The van der Waals surface area contributed by atoms with Crippen LogP contribution in [0.4, 0.5) is 4.39 Å². The van der Waals surface area contributed by atoms with Gasteiger partial charge in [0.15, 0.2) is 0 Å². The summed E-state index contributed by atoms with van der Waals surface area (Å²) in [6.07, 6.45) is 2.57. The van der Waals surface area contributed by atoms with Crippen molar-refractivity contribution in [3.63, 3.8) is 0 Å². The van der Waals surface area contributed by atoms with E-state index in [2.05, 4.69) is 21.5 Å². The Labute approximate surface area is 138 Å². The van der Waals surface area contributed by atoms with Crippen molar-refractivity contribution in [2.45, 2.75) is 39.7 Å². The quantitative estimate of drug-likeness (QED) is 0.854. The minimum Gasteiger partial charge on any atom is -0.273 e. The van der Waals surface area contributed by atoms with Crippen LogP contribution < -0.4 is 0 Å². The predicted molar refractivity (Wildman–Crippen MR) is 89.0 cm³/mol. The molecule has 1 aliphatic heterocycles. The van der Waals surface area contributed by atoms with E-state index in [0.717, 1.165) is 10.6 Å². The van der Waals surface area contributed by atoms with Gasteiger partial charge >= 0.3 is 0 Å². The Morgan fingerprint density at radius 3 is 2.83 bits per heavy atom. The molecule has 23 heavy (non-hydrogen) atoms. The second kappa shape index (κ2) is 6.20. The lowest BCUT2D eigenvalue weighted by molar-refractivity contribution is -0.132. The Morgan fingerprint density at radius 2 is 2.22 bits per heavy atom. The first kappa shape index (κ1) is 15.8. The van der Waals surface area contributed by atoms with E-state index in [1.165, 1.54) is 16.6 Å². The molecule has 0 radical (unpaired) electrons. The molecule has 3 rings (SSSR count). The summed E-state index contributed by atoms with van der Waals surface area (Å²) >= 11 is 1.61. The van der Waals surface area contributed by atoms with Gasteiger partial charge in [-0.25, -0.2) is 9.40 Å². The molecule has 0 fully saturated rings. The van der Waals surface area contributed by atoms with E-state index in [9.17, 15) is 9.18 Å². The molecule has 0 aliphatic carbocycles. The Bertz CT molecular complexity index is 784. The molecule has 2 aromatic rings. The summed E-state index contributed by atoms with van der Waals surface area (Å²) in [7, 11) is 0. The molecular formula is C17H18FN3OS. The van der Waals surface area contributed by atoms with Gasteiger partial charge in [-0.3, -0.25) is 9.78 Å². The Hall–Kier alpha value is -2.08. The molecule has 120 valence electrons. The maximum atomic E-state index is 13.9. The molecule has 1 amide bonds. The number of thiophene rings is 1. The lowest BCUT2D eigenvalue weighted by atomic mass is 10.0. The van der Waals surface area contributed by atoms with Crippen molar-refractivity contribution >= 4 is 23.0 Å². The molecule has 1 unspecified atom stereocenters. The van der Waals surface area contributed by atoms with Gasteiger partial charge in [-0.2, -0.15) is 5.10 Å². The van der Waals surface area contributed by atoms with Crippen LogP contribution in [-0.2, 0) is 4.79 Å². The lowest BCUT2D eigenvalue weighted by Crippen LogP contribution is -2.26. The summed E-state index contributed by atoms with van der Waals surface area (Å²) in [5.74, 6) is -0.425. The van der Waals surface area contributed by atoms with Crippen LogP contribution in [0.25, 0.3) is 0 Å². The number of halogens is 1. The number of pyridine rings is 1. The molecule has 0 N–H and O–H groups in total. The molecule has 3 heterocycles. The fourth-order valence-corrected chi connectivity index (χ4v) is 3.49. The number of amides is 1. The zero-order chi connectivity index (χ0) is 16.6.